The lowest BCUT2D eigenvalue weighted by Crippen LogP contribution is -2.40. The van der Waals surface area contributed by atoms with Crippen LogP contribution in [0, 0.1) is 0 Å². The minimum Gasteiger partial charge on any atom is -0.479 e. The van der Waals surface area contributed by atoms with Crippen molar-refractivity contribution >= 4 is 23.2 Å². The fourth-order valence-electron chi connectivity index (χ4n) is 2.53. The first-order chi connectivity index (χ1) is 9.65. The molecule has 0 radical (unpaired) electrons. The molecule has 1 N–H and O–H groups in total. The van der Waals surface area contributed by atoms with E-state index in [2.05, 4.69) is 0 Å². The third-order valence-corrected chi connectivity index (χ3v) is 4.61. The molecule has 1 aliphatic heterocycles. The number of carbonyl (C=O) groups excluding carboxylic acids is 1. The highest BCUT2D eigenvalue weighted by atomic mass is 32.1. The average molecular weight is 295 g/mol. The Hall–Kier alpha value is -1.40. The molecule has 0 spiro atoms. The number of amides is 1. The largest absolute Gasteiger partial charge is 0.479 e. The van der Waals surface area contributed by atoms with Crippen LogP contribution >= 0.6 is 11.3 Å². The zero-order chi connectivity index (χ0) is 14.1. The molecule has 1 aromatic heterocycles. The zero-order valence-electron chi connectivity index (χ0n) is 11.0. The molecule has 5 nitrogen and oxygen atoms in total. The number of thiophene rings is 1. The Morgan fingerprint density at radius 2 is 2.05 bits per heavy atom. The summed E-state index contributed by atoms with van der Waals surface area (Å²) >= 11 is 1.63. The molecule has 1 aromatic rings. The third-order valence-electron chi connectivity index (χ3n) is 3.75. The normalized spacial score (nSPS) is 25.6. The number of ether oxygens (including phenoxy) is 1. The van der Waals surface area contributed by atoms with Crippen LogP contribution in [0.3, 0.4) is 0 Å². The number of hydrogen-bond donors (Lipinski definition) is 1. The van der Waals surface area contributed by atoms with Gasteiger partial charge in [-0.2, -0.15) is 0 Å². The van der Waals surface area contributed by atoms with Crippen LogP contribution in [0.15, 0.2) is 17.5 Å². The van der Waals surface area contributed by atoms with E-state index in [0.717, 1.165) is 17.7 Å². The van der Waals surface area contributed by atoms with Crippen molar-refractivity contribution in [2.45, 2.75) is 50.5 Å². The van der Waals surface area contributed by atoms with E-state index >= 15 is 0 Å². The Morgan fingerprint density at radius 1 is 1.30 bits per heavy atom. The molecule has 3 rings (SSSR count). The average Bonchev–Trinajstić information content (AvgIpc) is 2.95. The van der Waals surface area contributed by atoms with Crippen LogP contribution < -0.4 is 0 Å². The number of carboxylic acids is 1. The van der Waals surface area contributed by atoms with Gasteiger partial charge in [-0.3, -0.25) is 4.79 Å². The maximum Gasteiger partial charge on any atom is 0.332 e. The van der Waals surface area contributed by atoms with Crippen LogP contribution in [0.4, 0.5) is 0 Å². The highest BCUT2D eigenvalue weighted by molar-refractivity contribution is 7.09. The summed E-state index contributed by atoms with van der Waals surface area (Å²) in [7, 11) is 0. The van der Waals surface area contributed by atoms with Crippen LogP contribution in [0.5, 0.6) is 0 Å². The Balaban J connectivity index is 1.65. The van der Waals surface area contributed by atoms with E-state index in [4.69, 9.17) is 9.84 Å². The molecule has 0 bridgehead atoms. The van der Waals surface area contributed by atoms with Gasteiger partial charge in [-0.1, -0.05) is 6.07 Å². The van der Waals surface area contributed by atoms with E-state index in [9.17, 15) is 9.59 Å². The number of carbonyl (C=O) groups is 2. The first-order valence-electron chi connectivity index (χ1n) is 6.86. The Bertz CT molecular complexity index is 497. The van der Waals surface area contributed by atoms with Gasteiger partial charge in [0.1, 0.15) is 6.10 Å². The molecule has 1 amide bonds. The molecule has 6 heteroatoms. The summed E-state index contributed by atoms with van der Waals surface area (Å²) in [5.74, 6) is -1.03. The van der Waals surface area contributed by atoms with Gasteiger partial charge in [-0.25, -0.2) is 4.79 Å². The van der Waals surface area contributed by atoms with Crippen LogP contribution in [-0.4, -0.2) is 40.1 Å². The summed E-state index contributed by atoms with van der Waals surface area (Å²) in [4.78, 5) is 26.4. The van der Waals surface area contributed by atoms with Gasteiger partial charge in [0.05, 0.1) is 6.54 Å². The highest BCUT2D eigenvalue weighted by Crippen LogP contribution is 2.32. The van der Waals surface area contributed by atoms with E-state index in [1.54, 1.807) is 11.3 Å². The van der Waals surface area contributed by atoms with Crippen molar-refractivity contribution in [3.05, 3.63) is 22.4 Å². The van der Waals surface area contributed by atoms with Gasteiger partial charge in [0, 0.05) is 10.9 Å². The molecular weight excluding hydrogens is 278 g/mol. The van der Waals surface area contributed by atoms with E-state index in [0.29, 0.717) is 25.4 Å². The monoisotopic (exact) mass is 295 g/mol. The van der Waals surface area contributed by atoms with Crippen molar-refractivity contribution in [3.8, 4) is 0 Å². The van der Waals surface area contributed by atoms with Crippen molar-refractivity contribution in [2.75, 3.05) is 0 Å². The zero-order valence-corrected chi connectivity index (χ0v) is 11.8. The molecule has 1 saturated carbocycles. The van der Waals surface area contributed by atoms with Crippen LogP contribution in [0.1, 0.15) is 30.6 Å². The standard InChI is InChI=1S/C14H17NO4S/c16-13(11-5-6-12(19-11)14(17)18)15(9-3-4-9)8-10-2-1-7-20-10/h1-2,7,9,11-12H,3-6,8H2,(H,17,18)/t11-,12+/m0/s1. The first kappa shape index (κ1) is 13.6. The summed E-state index contributed by atoms with van der Waals surface area (Å²) in [6.07, 6.45) is 1.58. The van der Waals surface area contributed by atoms with Crippen molar-refractivity contribution < 1.29 is 19.4 Å². The smallest absolute Gasteiger partial charge is 0.332 e. The Morgan fingerprint density at radius 3 is 2.60 bits per heavy atom. The number of nitrogens with zero attached hydrogens (tertiary/aromatic N) is 1. The van der Waals surface area contributed by atoms with E-state index in [1.165, 1.54) is 0 Å². The molecule has 108 valence electrons. The van der Waals surface area contributed by atoms with Crippen molar-refractivity contribution in [1.29, 1.82) is 0 Å². The van der Waals surface area contributed by atoms with Gasteiger partial charge in [0.15, 0.2) is 6.10 Å². The van der Waals surface area contributed by atoms with Gasteiger partial charge < -0.3 is 14.7 Å². The summed E-state index contributed by atoms with van der Waals surface area (Å²) in [6.45, 7) is 0.610. The summed E-state index contributed by atoms with van der Waals surface area (Å²) in [5, 5.41) is 10.9. The van der Waals surface area contributed by atoms with Crippen molar-refractivity contribution in [1.82, 2.24) is 4.90 Å². The molecular formula is C14H17NO4S. The molecule has 2 atom stereocenters. The SMILES string of the molecule is O=C(O)[C@H]1CC[C@@H](C(=O)N(Cc2cccs2)C2CC2)O1. The maximum atomic E-state index is 12.5. The lowest BCUT2D eigenvalue weighted by Gasteiger charge is -2.25. The second-order valence-electron chi connectivity index (χ2n) is 5.31. The van der Waals surface area contributed by atoms with Crippen LogP contribution in [0.25, 0.3) is 0 Å². The first-order valence-corrected chi connectivity index (χ1v) is 7.74. The lowest BCUT2D eigenvalue weighted by molar-refractivity contribution is -0.155. The molecule has 2 heterocycles. The molecule has 2 fully saturated rings. The summed E-state index contributed by atoms with van der Waals surface area (Å²) in [5.41, 5.74) is 0. The Kier molecular flexibility index (Phi) is 3.76. The second-order valence-corrected chi connectivity index (χ2v) is 6.34. The summed E-state index contributed by atoms with van der Waals surface area (Å²) < 4.78 is 5.38. The topological polar surface area (TPSA) is 66.8 Å². The van der Waals surface area contributed by atoms with Gasteiger partial charge >= 0.3 is 5.97 Å². The number of rotatable bonds is 5. The fourth-order valence-corrected chi connectivity index (χ4v) is 3.23. The lowest BCUT2D eigenvalue weighted by atomic mass is 10.1. The molecule has 2 aliphatic rings. The Labute approximate surface area is 121 Å². The second kappa shape index (κ2) is 5.54. The molecule has 1 aliphatic carbocycles. The van der Waals surface area contributed by atoms with Crippen molar-refractivity contribution in [3.63, 3.8) is 0 Å². The number of hydrogen-bond acceptors (Lipinski definition) is 4. The van der Waals surface area contributed by atoms with Crippen molar-refractivity contribution in [2.24, 2.45) is 0 Å². The van der Waals surface area contributed by atoms with Gasteiger partial charge in [-0.05, 0) is 37.1 Å². The summed E-state index contributed by atoms with van der Waals surface area (Å²) in [6, 6.07) is 4.29. The van der Waals surface area contributed by atoms with Gasteiger partial charge in [0.2, 0.25) is 0 Å². The quantitative estimate of drug-likeness (QED) is 0.900. The van der Waals surface area contributed by atoms with Crippen LogP contribution in [0.2, 0.25) is 0 Å². The van der Waals surface area contributed by atoms with Gasteiger partial charge in [0.25, 0.3) is 5.91 Å². The van der Waals surface area contributed by atoms with Gasteiger partial charge in [-0.15, -0.1) is 11.3 Å². The third kappa shape index (κ3) is 2.86. The molecule has 20 heavy (non-hydrogen) atoms. The van der Waals surface area contributed by atoms with E-state index < -0.39 is 18.2 Å². The fraction of sp³-hybridized carbons (Fsp3) is 0.571. The molecule has 0 aromatic carbocycles. The number of carboxylic acid groups (broad SMARTS) is 1. The molecule has 0 unspecified atom stereocenters. The highest BCUT2D eigenvalue weighted by Gasteiger charge is 2.41. The predicted octanol–water partition coefficient (Wildman–Crippen LogP) is 1.87. The predicted molar refractivity (Wildman–Crippen MR) is 73.4 cm³/mol. The number of aliphatic carboxylic acids is 1. The van der Waals surface area contributed by atoms with E-state index in [1.807, 2.05) is 22.4 Å². The van der Waals surface area contributed by atoms with E-state index in [-0.39, 0.29) is 5.91 Å². The maximum absolute atomic E-state index is 12.5. The minimum atomic E-state index is -0.975. The van der Waals surface area contributed by atoms with Crippen LogP contribution in [-0.2, 0) is 20.9 Å². The minimum absolute atomic E-state index is 0.0512. The molecule has 1 saturated heterocycles.